The van der Waals surface area contributed by atoms with Crippen LogP contribution in [0.25, 0.3) is 10.9 Å². The minimum absolute atomic E-state index is 0.125. The molecule has 0 aliphatic carbocycles. The van der Waals surface area contributed by atoms with Gasteiger partial charge < -0.3 is 5.32 Å². The summed E-state index contributed by atoms with van der Waals surface area (Å²) in [6, 6.07) is 9.40. The summed E-state index contributed by atoms with van der Waals surface area (Å²) in [7, 11) is 0. The predicted molar refractivity (Wildman–Crippen MR) is 79.9 cm³/mol. The van der Waals surface area contributed by atoms with Crippen molar-refractivity contribution in [2.24, 2.45) is 4.99 Å². The average Bonchev–Trinajstić information content (AvgIpc) is 2.84. The number of hydrogen-bond donors (Lipinski definition) is 1. The highest BCUT2D eigenvalue weighted by molar-refractivity contribution is 8.15. The van der Waals surface area contributed by atoms with Gasteiger partial charge in [0.05, 0.1) is 28.4 Å². The number of pyridine rings is 1. The van der Waals surface area contributed by atoms with E-state index < -0.39 is 0 Å². The normalized spacial score (nSPS) is 14.4. The van der Waals surface area contributed by atoms with Crippen LogP contribution in [-0.2, 0) is 9.59 Å². The number of aromatic nitrogens is 1. The van der Waals surface area contributed by atoms with E-state index >= 15 is 0 Å². The summed E-state index contributed by atoms with van der Waals surface area (Å²) in [5.41, 5.74) is 1.42. The van der Waals surface area contributed by atoms with Crippen LogP contribution < -0.4 is 5.32 Å². The Morgan fingerprint density at radius 2 is 2.15 bits per heavy atom. The molecule has 0 radical (unpaired) electrons. The Bertz CT molecular complexity index is 722. The van der Waals surface area contributed by atoms with Crippen molar-refractivity contribution in [3.8, 4) is 0 Å². The first-order valence-electron chi connectivity index (χ1n) is 6.09. The summed E-state index contributed by atoms with van der Waals surface area (Å²) >= 11 is 1.32. The van der Waals surface area contributed by atoms with Crippen molar-refractivity contribution in [1.82, 2.24) is 4.98 Å². The number of amides is 2. The highest BCUT2D eigenvalue weighted by Crippen LogP contribution is 2.22. The Hall–Kier alpha value is -2.21. The zero-order valence-electron chi connectivity index (χ0n) is 10.5. The number of nitrogens with one attached hydrogen (secondary N) is 1. The van der Waals surface area contributed by atoms with Gasteiger partial charge in [0.15, 0.2) is 0 Å². The van der Waals surface area contributed by atoms with Crippen LogP contribution in [0.3, 0.4) is 0 Å². The maximum absolute atomic E-state index is 12.0. The van der Waals surface area contributed by atoms with Gasteiger partial charge in [-0.3, -0.25) is 14.6 Å². The van der Waals surface area contributed by atoms with Crippen LogP contribution in [0.4, 0.5) is 5.69 Å². The van der Waals surface area contributed by atoms with Gasteiger partial charge in [-0.25, -0.2) is 4.99 Å². The third-order valence-electron chi connectivity index (χ3n) is 2.83. The Morgan fingerprint density at radius 3 is 2.95 bits per heavy atom. The lowest BCUT2D eigenvalue weighted by molar-refractivity contribution is -0.115. The van der Waals surface area contributed by atoms with Crippen molar-refractivity contribution < 1.29 is 9.59 Å². The molecule has 2 amide bonds. The van der Waals surface area contributed by atoms with Crippen molar-refractivity contribution in [2.45, 2.75) is 6.42 Å². The van der Waals surface area contributed by atoms with Gasteiger partial charge in [-0.2, -0.15) is 0 Å². The number of thioether (sulfide) groups is 1. The second-order valence-corrected chi connectivity index (χ2v) is 5.34. The second-order valence-electron chi connectivity index (χ2n) is 4.29. The van der Waals surface area contributed by atoms with E-state index in [0.29, 0.717) is 16.5 Å². The molecule has 0 unspecified atom stereocenters. The maximum Gasteiger partial charge on any atom is 0.256 e. The first-order chi connectivity index (χ1) is 9.72. The summed E-state index contributed by atoms with van der Waals surface area (Å²) in [6.07, 6.45) is 1.81. The molecule has 2 heterocycles. The van der Waals surface area contributed by atoms with Gasteiger partial charge in [-0.05, 0) is 12.1 Å². The van der Waals surface area contributed by atoms with E-state index in [1.165, 1.54) is 11.8 Å². The number of benzene rings is 1. The third-order valence-corrected chi connectivity index (χ3v) is 3.79. The molecule has 100 valence electrons. The molecule has 2 aromatic rings. The lowest BCUT2D eigenvalue weighted by atomic mass is 10.2. The van der Waals surface area contributed by atoms with Crippen molar-refractivity contribution in [3.63, 3.8) is 0 Å². The summed E-state index contributed by atoms with van der Waals surface area (Å²) in [5.74, 6) is -0.0351. The average molecular weight is 285 g/mol. The van der Waals surface area contributed by atoms with Crippen LogP contribution in [0.2, 0.25) is 0 Å². The van der Waals surface area contributed by atoms with E-state index in [4.69, 9.17) is 0 Å². The largest absolute Gasteiger partial charge is 0.324 e. The molecule has 0 saturated carbocycles. The monoisotopic (exact) mass is 285 g/mol. The molecule has 1 aliphatic heterocycles. The van der Waals surface area contributed by atoms with Gasteiger partial charge >= 0.3 is 0 Å². The molecule has 20 heavy (non-hydrogen) atoms. The smallest absolute Gasteiger partial charge is 0.256 e. The second kappa shape index (κ2) is 5.42. The zero-order chi connectivity index (χ0) is 13.9. The number of anilines is 1. The Balaban J connectivity index is 1.78. The molecular weight excluding hydrogens is 274 g/mol. The van der Waals surface area contributed by atoms with E-state index in [1.54, 1.807) is 6.20 Å². The quantitative estimate of drug-likeness (QED) is 0.938. The number of para-hydroxylation sites is 1. The molecule has 0 atom stereocenters. The van der Waals surface area contributed by atoms with Crippen molar-refractivity contribution in [3.05, 3.63) is 36.5 Å². The lowest BCUT2D eigenvalue weighted by Gasteiger charge is -2.07. The fourth-order valence-electron chi connectivity index (χ4n) is 1.98. The highest BCUT2D eigenvalue weighted by atomic mass is 32.2. The van der Waals surface area contributed by atoms with Crippen LogP contribution >= 0.6 is 11.8 Å². The Kier molecular flexibility index (Phi) is 3.47. The minimum Gasteiger partial charge on any atom is -0.324 e. The Labute approximate surface area is 119 Å². The third kappa shape index (κ3) is 2.70. The molecule has 0 bridgehead atoms. The van der Waals surface area contributed by atoms with E-state index in [9.17, 15) is 9.59 Å². The summed E-state index contributed by atoms with van der Waals surface area (Å²) in [6.45, 7) is 0. The van der Waals surface area contributed by atoms with Gasteiger partial charge in [0.2, 0.25) is 5.91 Å². The molecule has 0 saturated heterocycles. The number of fused-ring (bicyclic) bond motifs is 1. The Morgan fingerprint density at radius 1 is 1.30 bits per heavy atom. The van der Waals surface area contributed by atoms with E-state index in [0.717, 1.165) is 10.9 Å². The van der Waals surface area contributed by atoms with Crippen molar-refractivity contribution >= 4 is 45.2 Å². The molecule has 1 aliphatic rings. The molecular formula is C14H11N3O2S. The van der Waals surface area contributed by atoms with Crippen LogP contribution in [0, 0.1) is 0 Å². The molecule has 1 aromatic heterocycles. The number of hydrogen-bond acceptors (Lipinski definition) is 4. The van der Waals surface area contributed by atoms with Gasteiger partial charge in [-0.1, -0.05) is 18.2 Å². The number of nitrogens with zero attached hydrogens (tertiary/aromatic N) is 2. The maximum atomic E-state index is 12.0. The first kappa shape index (κ1) is 12.8. The summed E-state index contributed by atoms with van der Waals surface area (Å²) in [5, 5.41) is 4.36. The number of carbonyl (C=O) groups excluding carboxylic acids is 2. The molecule has 6 heteroatoms. The highest BCUT2D eigenvalue weighted by Gasteiger charge is 2.18. The van der Waals surface area contributed by atoms with Crippen LogP contribution in [0.1, 0.15) is 6.42 Å². The van der Waals surface area contributed by atoms with E-state index in [-0.39, 0.29) is 18.2 Å². The standard InChI is InChI=1S/C14H11N3O2S/c18-11(7-13-17-12(19)8-20-13)16-10-5-1-3-9-4-2-6-15-14(9)10/h1-6H,7-8H2,(H,16,18). The fraction of sp³-hybridized carbons (Fsp3) is 0.143. The lowest BCUT2D eigenvalue weighted by Crippen LogP contribution is -2.14. The molecule has 0 fully saturated rings. The minimum atomic E-state index is -0.191. The van der Waals surface area contributed by atoms with E-state index in [1.807, 2.05) is 30.3 Å². The van der Waals surface area contributed by atoms with Gasteiger partial charge in [0.25, 0.3) is 5.91 Å². The van der Waals surface area contributed by atoms with Gasteiger partial charge in [-0.15, -0.1) is 11.8 Å². The van der Waals surface area contributed by atoms with Crippen LogP contribution in [-0.4, -0.2) is 27.6 Å². The van der Waals surface area contributed by atoms with Crippen molar-refractivity contribution in [1.29, 1.82) is 0 Å². The van der Waals surface area contributed by atoms with Crippen LogP contribution in [0.15, 0.2) is 41.5 Å². The topological polar surface area (TPSA) is 71.4 Å². The van der Waals surface area contributed by atoms with E-state index in [2.05, 4.69) is 15.3 Å². The zero-order valence-corrected chi connectivity index (χ0v) is 11.3. The molecule has 1 N–H and O–H groups in total. The number of aliphatic imine (C=N–C) groups is 1. The molecule has 0 spiro atoms. The first-order valence-corrected chi connectivity index (χ1v) is 7.08. The number of rotatable bonds is 3. The molecule has 5 nitrogen and oxygen atoms in total. The van der Waals surface area contributed by atoms with Gasteiger partial charge in [0, 0.05) is 11.6 Å². The van der Waals surface area contributed by atoms with Crippen molar-refractivity contribution in [2.75, 3.05) is 11.1 Å². The van der Waals surface area contributed by atoms with Crippen LogP contribution in [0.5, 0.6) is 0 Å². The number of carbonyl (C=O) groups is 2. The summed E-state index contributed by atoms with van der Waals surface area (Å²) in [4.78, 5) is 31.1. The molecule has 1 aromatic carbocycles. The SMILES string of the molecule is O=C1CSC(CC(=O)Nc2cccc3cccnc23)=N1. The van der Waals surface area contributed by atoms with Gasteiger partial charge in [0.1, 0.15) is 0 Å². The summed E-state index contributed by atoms with van der Waals surface area (Å²) < 4.78 is 0. The predicted octanol–water partition coefficient (Wildman–Crippen LogP) is 2.24. The fourth-order valence-corrected chi connectivity index (χ4v) is 2.73. The molecule has 3 rings (SSSR count).